The topological polar surface area (TPSA) is 25.4 Å². The van der Waals surface area contributed by atoms with Crippen molar-refractivity contribution >= 4 is 5.82 Å². The van der Waals surface area contributed by atoms with E-state index in [1.807, 2.05) is 65.6 Å². The first-order valence-corrected chi connectivity index (χ1v) is 8.41. The molecule has 3 aromatic rings. The monoisotopic (exact) mass is 372 g/mol. The van der Waals surface area contributed by atoms with Crippen molar-refractivity contribution in [3.05, 3.63) is 89.6 Å². The van der Waals surface area contributed by atoms with E-state index in [2.05, 4.69) is 4.98 Å². The molecule has 0 aliphatic heterocycles. The molecule has 1 aromatic heterocycles. The van der Waals surface area contributed by atoms with Gasteiger partial charge < -0.3 is 9.64 Å². The Hall–Kier alpha value is -3.02. The first-order valence-electron chi connectivity index (χ1n) is 8.41. The van der Waals surface area contributed by atoms with Crippen LogP contribution in [0.1, 0.15) is 16.7 Å². The molecule has 0 saturated carbocycles. The predicted molar refractivity (Wildman–Crippen MR) is 98.6 cm³/mol. The molecule has 2 aromatic carbocycles. The van der Waals surface area contributed by atoms with Crippen LogP contribution in [-0.2, 0) is 19.3 Å². The zero-order chi connectivity index (χ0) is 19.3. The van der Waals surface area contributed by atoms with E-state index in [1.165, 1.54) is 13.2 Å². The van der Waals surface area contributed by atoms with Crippen molar-refractivity contribution in [2.75, 3.05) is 12.0 Å². The second kappa shape index (κ2) is 8.12. The van der Waals surface area contributed by atoms with Crippen LogP contribution in [-0.4, -0.2) is 12.1 Å². The van der Waals surface area contributed by atoms with E-state index in [-0.39, 0.29) is 5.75 Å². The fourth-order valence-corrected chi connectivity index (χ4v) is 2.81. The van der Waals surface area contributed by atoms with Crippen molar-refractivity contribution < 1.29 is 17.9 Å². The van der Waals surface area contributed by atoms with Crippen LogP contribution in [0.4, 0.5) is 19.0 Å². The van der Waals surface area contributed by atoms with Gasteiger partial charge in [0, 0.05) is 25.4 Å². The SMILES string of the molecule is COc1cc(N(Cc2ccccc2)Cc2ccccc2)ncc1C(F)(F)F. The fourth-order valence-electron chi connectivity index (χ4n) is 2.81. The van der Waals surface area contributed by atoms with Crippen molar-refractivity contribution in [3.8, 4) is 5.75 Å². The lowest BCUT2D eigenvalue weighted by Gasteiger charge is -2.25. The Morgan fingerprint density at radius 1 is 0.889 bits per heavy atom. The first kappa shape index (κ1) is 18.8. The molecule has 1 heterocycles. The first-order chi connectivity index (χ1) is 13.0. The summed E-state index contributed by atoms with van der Waals surface area (Å²) in [6, 6.07) is 20.8. The van der Waals surface area contributed by atoms with Gasteiger partial charge in [-0.15, -0.1) is 0 Å². The molecule has 140 valence electrons. The van der Waals surface area contributed by atoms with Gasteiger partial charge in [-0.05, 0) is 11.1 Å². The Morgan fingerprint density at radius 2 is 1.41 bits per heavy atom. The molecule has 0 atom stereocenters. The standard InChI is InChI=1S/C21H19F3N2O/c1-27-19-12-20(25-13-18(19)21(22,23)24)26(14-16-8-4-2-5-9-16)15-17-10-6-3-7-11-17/h2-13H,14-15H2,1H3. The zero-order valence-electron chi connectivity index (χ0n) is 14.8. The molecule has 0 aliphatic carbocycles. The van der Waals surface area contributed by atoms with Gasteiger partial charge in [0.15, 0.2) is 0 Å². The minimum Gasteiger partial charge on any atom is -0.496 e. The normalized spacial score (nSPS) is 11.3. The number of nitrogens with zero attached hydrogens (tertiary/aromatic N) is 2. The smallest absolute Gasteiger partial charge is 0.421 e. The average Bonchev–Trinajstić information content (AvgIpc) is 2.68. The van der Waals surface area contributed by atoms with Crippen LogP contribution in [0.15, 0.2) is 72.9 Å². The number of anilines is 1. The molecule has 0 fully saturated rings. The lowest BCUT2D eigenvalue weighted by atomic mass is 10.1. The van der Waals surface area contributed by atoms with E-state index < -0.39 is 11.7 Å². The lowest BCUT2D eigenvalue weighted by molar-refractivity contribution is -0.139. The number of alkyl halides is 3. The van der Waals surface area contributed by atoms with Gasteiger partial charge in [-0.25, -0.2) is 4.98 Å². The van der Waals surface area contributed by atoms with Crippen molar-refractivity contribution in [2.24, 2.45) is 0 Å². The van der Waals surface area contributed by atoms with Gasteiger partial charge in [0.1, 0.15) is 17.1 Å². The van der Waals surface area contributed by atoms with E-state index in [0.717, 1.165) is 17.3 Å². The number of hydrogen-bond acceptors (Lipinski definition) is 3. The molecule has 3 rings (SSSR count). The number of pyridine rings is 1. The highest BCUT2D eigenvalue weighted by atomic mass is 19.4. The van der Waals surface area contributed by atoms with Gasteiger partial charge >= 0.3 is 6.18 Å². The summed E-state index contributed by atoms with van der Waals surface area (Å²) in [5, 5.41) is 0. The van der Waals surface area contributed by atoms with Crippen molar-refractivity contribution in [2.45, 2.75) is 19.3 Å². The van der Waals surface area contributed by atoms with E-state index >= 15 is 0 Å². The maximum atomic E-state index is 13.1. The van der Waals surface area contributed by atoms with E-state index in [0.29, 0.717) is 18.9 Å². The number of halogens is 3. The zero-order valence-corrected chi connectivity index (χ0v) is 14.8. The third kappa shape index (κ3) is 4.78. The van der Waals surface area contributed by atoms with Gasteiger partial charge in [-0.2, -0.15) is 13.2 Å². The van der Waals surface area contributed by atoms with E-state index in [9.17, 15) is 13.2 Å². The largest absolute Gasteiger partial charge is 0.496 e. The number of ether oxygens (including phenoxy) is 1. The molecule has 0 bridgehead atoms. The van der Waals surface area contributed by atoms with Crippen LogP contribution in [0.3, 0.4) is 0 Å². The molecule has 0 aliphatic rings. The minimum atomic E-state index is -4.51. The summed E-state index contributed by atoms with van der Waals surface area (Å²) in [7, 11) is 1.23. The number of methoxy groups -OCH3 is 1. The highest BCUT2D eigenvalue weighted by molar-refractivity contribution is 5.49. The van der Waals surface area contributed by atoms with Gasteiger partial charge in [-0.1, -0.05) is 60.7 Å². The van der Waals surface area contributed by atoms with Crippen LogP contribution in [0, 0.1) is 0 Å². The summed E-state index contributed by atoms with van der Waals surface area (Å²) >= 11 is 0. The number of hydrogen-bond donors (Lipinski definition) is 0. The number of aromatic nitrogens is 1. The summed E-state index contributed by atoms with van der Waals surface area (Å²) in [6.07, 6.45) is -3.68. The van der Waals surface area contributed by atoms with Crippen LogP contribution < -0.4 is 9.64 Å². The molecule has 0 amide bonds. The van der Waals surface area contributed by atoms with E-state index in [4.69, 9.17) is 4.74 Å². The predicted octanol–water partition coefficient (Wildman–Crippen LogP) is 5.32. The number of rotatable bonds is 6. The van der Waals surface area contributed by atoms with Gasteiger partial charge in [-0.3, -0.25) is 0 Å². The summed E-state index contributed by atoms with van der Waals surface area (Å²) in [5.41, 5.74) is 1.19. The molecule has 27 heavy (non-hydrogen) atoms. The van der Waals surface area contributed by atoms with Gasteiger partial charge in [0.05, 0.1) is 7.11 Å². The van der Waals surface area contributed by atoms with Crippen LogP contribution in [0.5, 0.6) is 5.75 Å². The summed E-state index contributed by atoms with van der Waals surface area (Å²) in [4.78, 5) is 6.00. The second-order valence-corrected chi connectivity index (χ2v) is 6.07. The lowest BCUT2D eigenvalue weighted by Crippen LogP contribution is -2.23. The third-order valence-corrected chi connectivity index (χ3v) is 4.13. The fraction of sp³-hybridized carbons (Fsp3) is 0.190. The van der Waals surface area contributed by atoms with Crippen molar-refractivity contribution in [1.29, 1.82) is 0 Å². The molecule has 0 unspecified atom stereocenters. The molecule has 0 radical (unpaired) electrons. The number of benzene rings is 2. The Morgan fingerprint density at radius 3 is 1.85 bits per heavy atom. The maximum Gasteiger partial charge on any atom is 0.421 e. The van der Waals surface area contributed by atoms with Gasteiger partial charge in [0.2, 0.25) is 0 Å². The molecular weight excluding hydrogens is 353 g/mol. The van der Waals surface area contributed by atoms with Gasteiger partial charge in [0.25, 0.3) is 0 Å². The third-order valence-electron chi connectivity index (χ3n) is 4.13. The van der Waals surface area contributed by atoms with Crippen LogP contribution in [0.25, 0.3) is 0 Å². The Labute approximate surface area is 156 Å². The Balaban J connectivity index is 1.96. The Bertz CT molecular complexity index is 826. The highest BCUT2D eigenvalue weighted by Gasteiger charge is 2.35. The Kier molecular flexibility index (Phi) is 5.64. The minimum absolute atomic E-state index is 0.237. The molecular formula is C21H19F3N2O. The maximum absolute atomic E-state index is 13.1. The second-order valence-electron chi connectivity index (χ2n) is 6.07. The van der Waals surface area contributed by atoms with Crippen molar-refractivity contribution in [1.82, 2.24) is 4.98 Å². The highest BCUT2D eigenvalue weighted by Crippen LogP contribution is 2.37. The van der Waals surface area contributed by atoms with E-state index in [1.54, 1.807) is 0 Å². The molecule has 0 spiro atoms. The summed E-state index contributed by atoms with van der Waals surface area (Å²) in [6.45, 7) is 1.02. The molecule has 0 N–H and O–H groups in total. The molecule has 6 heteroatoms. The van der Waals surface area contributed by atoms with Crippen LogP contribution >= 0.6 is 0 Å². The molecule has 0 saturated heterocycles. The summed E-state index contributed by atoms with van der Waals surface area (Å²) < 4.78 is 44.4. The van der Waals surface area contributed by atoms with Crippen LogP contribution in [0.2, 0.25) is 0 Å². The quantitative estimate of drug-likeness (QED) is 0.586. The van der Waals surface area contributed by atoms with Crippen molar-refractivity contribution in [3.63, 3.8) is 0 Å². The molecule has 3 nitrogen and oxygen atoms in total. The average molecular weight is 372 g/mol. The summed E-state index contributed by atoms with van der Waals surface area (Å²) in [5.74, 6) is 0.186.